The average molecular weight is 533 g/mol. The van der Waals surface area contributed by atoms with Crippen LogP contribution in [0.25, 0.3) is 0 Å². The van der Waals surface area contributed by atoms with Crippen molar-refractivity contribution >= 4 is 35.0 Å². The maximum atomic E-state index is 13.0. The maximum Gasteiger partial charge on any atom is 0.238 e. The Morgan fingerprint density at radius 2 is 2.00 bits per heavy atom. The molecule has 8 nitrogen and oxygen atoms in total. The number of benzene rings is 2. The Balaban J connectivity index is 1.50. The number of hydrogen-bond donors (Lipinski definition) is 2. The molecule has 2 amide bonds. The van der Waals surface area contributed by atoms with Gasteiger partial charge in [0.15, 0.2) is 0 Å². The summed E-state index contributed by atoms with van der Waals surface area (Å²) < 4.78 is 0. The first-order valence-corrected chi connectivity index (χ1v) is 13.9. The monoisotopic (exact) mass is 532 g/mol. The molecule has 3 rings (SSSR count). The van der Waals surface area contributed by atoms with Crippen LogP contribution in [0.1, 0.15) is 30.9 Å². The lowest BCUT2D eigenvalue weighted by molar-refractivity contribution is -0.131. The Labute approximate surface area is 230 Å². The molecule has 2 N–H and O–H groups in total. The van der Waals surface area contributed by atoms with Crippen LogP contribution in [-0.2, 0) is 16.0 Å². The fraction of sp³-hybridized carbons (Fsp3) is 0.448. The molecule has 1 aliphatic rings. The van der Waals surface area contributed by atoms with Gasteiger partial charge in [-0.25, -0.2) is 0 Å². The Kier molecular flexibility index (Phi) is 10.9. The zero-order valence-electron chi connectivity index (χ0n) is 22.3. The summed E-state index contributed by atoms with van der Waals surface area (Å²) in [6.45, 7) is 5.95. The number of rotatable bonds is 13. The first-order valence-electron chi connectivity index (χ1n) is 13.0. The van der Waals surface area contributed by atoms with E-state index in [2.05, 4.69) is 65.9 Å². The molecule has 3 unspecified atom stereocenters. The summed E-state index contributed by atoms with van der Waals surface area (Å²) in [5.74, 6) is -1.31. The van der Waals surface area contributed by atoms with Crippen molar-refractivity contribution in [3.8, 4) is 12.1 Å². The number of carbonyl (C=O) groups excluding carboxylic acids is 2. The first kappa shape index (κ1) is 28.9. The Morgan fingerprint density at radius 3 is 2.71 bits per heavy atom. The van der Waals surface area contributed by atoms with Crippen molar-refractivity contribution in [3.05, 3.63) is 59.7 Å². The van der Waals surface area contributed by atoms with E-state index in [0.717, 1.165) is 18.7 Å². The minimum atomic E-state index is -0.896. The molecule has 200 valence electrons. The number of hydrogen-bond acceptors (Lipinski definition) is 7. The van der Waals surface area contributed by atoms with Crippen LogP contribution in [0.5, 0.6) is 0 Å². The van der Waals surface area contributed by atoms with Gasteiger partial charge in [0.1, 0.15) is 12.5 Å². The largest absolute Gasteiger partial charge is 0.385 e. The predicted octanol–water partition coefficient (Wildman–Crippen LogP) is 3.94. The third-order valence-electron chi connectivity index (χ3n) is 6.66. The quantitative estimate of drug-likeness (QED) is 0.376. The van der Waals surface area contributed by atoms with Gasteiger partial charge in [0.05, 0.1) is 22.8 Å². The normalized spacial score (nSPS) is 17.4. The molecule has 1 fully saturated rings. The van der Waals surface area contributed by atoms with Crippen LogP contribution in [0.4, 0.5) is 11.4 Å². The smallest absolute Gasteiger partial charge is 0.238 e. The minimum Gasteiger partial charge on any atom is -0.385 e. The van der Waals surface area contributed by atoms with Crippen LogP contribution in [0, 0.1) is 35.5 Å². The van der Waals surface area contributed by atoms with E-state index in [9.17, 15) is 14.9 Å². The molecule has 0 spiro atoms. The molecule has 2 aromatic rings. The second kappa shape index (κ2) is 14.3. The number of thioether (sulfide) groups is 1. The number of nitrogens with one attached hydrogen (secondary N) is 2. The lowest BCUT2D eigenvalue weighted by Gasteiger charge is -2.23. The number of anilines is 2. The van der Waals surface area contributed by atoms with E-state index in [1.54, 1.807) is 4.90 Å². The van der Waals surface area contributed by atoms with Crippen molar-refractivity contribution in [2.45, 2.75) is 43.7 Å². The zero-order chi connectivity index (χ0) is 27.5. The highest BCUT2D eigenvalue weighted by molar-refractivity contribution is 8.01. The highest BCUT2D eigenvalue weighted by Gasteiger charge is 2.40. The van der Waals surface area contributed by atoms with Gasteiger partial charge >= 0.3 is 0 Å². The second-order valence-electron chi connectivity index (χ2n) is 9.42. The fourth-order valence-corrected chi connectivity index (χ4v) is 6.12. The Bertz CT molecular complexity index is 1190. The van der Waals surface area contributed by atoms with Crippen molar-refractivity contribution in [2.24, 2.45) is 5.92 Å². The zero-order valence-corrected chi connectivity index (χ0v) is 23.1. The van der Waals surface area contributed by atoms with Gasteiger partial charge in [-0.3, -0.25) is 9.59 Å². The number of nitrogens with zero attached hydrogens (tertiary/aromatic N) is 4. The summed E-state index contributed by atoms with van der Waals surface area (Å²) in [4.78, 5) is 29.2. The summed E-state index contributed by atoms with van der Waals surface area (Å²) in [5, 5.41) is 23.6. The molecule has 3 atom stereocenters. The summed E-state index contributed by atoms with van der Waals surface area (Å²) in [5.41, 5.74) is 4.73. The van der Waals surface area contributed by atoms with Crippen molar-refractivity contribution in [1.29, 1.82) is 10.5 Å². The molecular formula is C29H36N6O2S. The van der Waals surface area contributed by atoms with Crippen LogP contribution in [0.2, 0.25) is 0 Å². The van der Waals surface area contributed by atoms with Crippen molar-refractivity contribution in [2.75, 3.05) is 43.4 Å². The van der Waals surface area contributed by atoms with Crippen molar-refractivity contribution in [1.82, 2.24) is 10.2 Å². The van der Waals surface area contributed by atoms with Gasteiger partial charge in [-0.1, -0.05) is 24.3 Å². The number of aryl methyl sites for hydroxylation is 1. The minimum absolute atomic E-state index is 0.0476. The molecular weight excluding hydrogens is 496 g/mol. The van der Waals surface area contributed by atoms with Crippen LogP contribution in [0.3, 0.4) is 0 Å². The molecule has 0 radical (unpaired) electrons. The van der Waals surface area contributed by atoms with E-state index in [-0.39, 0.29) is 29.5 Å². The Morgan fingerprint density at radius 1 is 1.21 bits per heavy atom. The SMILES string of the molecule is CCN1C(=O)C(CCNc2cccc(CCN(C)c3cccc(C)c3)c2)SC1CC(C#N)C(=O)NCC#N. The van der Waals surface area contributed by atoms with Crippen LogP contribution < -0.4 is 15.5 Å². The van der Waals surface area contributed by atoms with E-state index in [4.69, 9.17) is 5.26 Å². The van der Waals surface area contributed by atoms with E-state index in [0.29, 0.717) is 19.5 Å². The number of carbonyl (C=O) groups is 2. The third-order valence-corrected chi connectivity index (χ3v) is 8.19. The standard InChI is InChI=1S/C29H36N6O2S/c1-4-35-27(19-23(20-31)28(36)33-15-13-30)38-26(29(35)37)11-14-32-24-9-6-8-22(18-24)12-16-34(3)25-10-5-7-21(2)17-25/h5-10,17-18,23,26-27,32H,4,11-12,14-16,19H2,1-3H3,(H,33,36). The van der Waals surface area contributed by atoms with Gasteiger partial charge in [-0.2, -0.15) is 10.5 Å². The van der Waals surface area contributed by atoms with Crippen molar-refractivity contribution in [3.63, 3.8) is 0 Å². The van der Waals surface area contributed by atoms with E-state index in [1.807, 2.05) is 31.2 Å². The summed E-state index contributed by atoms with van der Waals surface area (Å²) in [6.07, 6.45) is 1.82. The molecule has 0 aliphatic carbocycles. The molecule has 9 heteroatoms. The van der Waals surface area contributed by atoms with Gasteiger partial charge in [-0.05, 0) is 62.1 Å². The van der Waals surface area contributed by atoms with Crippen molar-refractivity contribution < 1.29 is 9.59 Å². The highest BCUT2D eigenvalue weighted by atomic mass is 32.2. The lowest BCUT2D eigenvalue weighted by atomic mass is 10.1. The molecule has 0 bridgehead atoms. The average Bonchev–Trinajstić information content (AvgIpc) is 3.22. The number of likely N-dealkylation sites (N-methyl/N-ethyl adjacent to an activating group) is 1. The van der Waals surface area contributed by atoms with Gasteiger partial charge in [-0.15, -0.1) is 11.8 Å². The molecule has 38 heavy (non-hydrogen) atoms. The van der Waals surface area contributed by atoms with E-state index >= 15 is 0 Å². The summed E-state index contributed by atoms with van der Waals surface area (Å²) in [7, 11) is 2.11. The molecule has 1 aliphatic heterocycles. The first-order chi connectivity index (χ1) is 18.4. The number of nitriles is 2. The third kappa shape index (κ3) is 7.90. The van der Waals surface area contributed by atoms with Crippen LogP contribution in [-0.4, -0.2) is 60.6 Å². The molecule has 2 aromatic carbocycles. The van der Waals surface area contributed by atoms with E-state index in [1.165, 1.54) is 28.6 Å². The van der Waals surface area contributed by atoms with Crippen LogP contribution in [0.15, 0.2) is 48.5 Å². The maximum absolute atomic E-state index is 13.0. The molecule has 1 saturated heterocycles. The predicted molar refractivity (Wildman–Crippen MR) is 153 cm³/mol. The highest BCUT2D eigenvalue weighted by Crippen LogP contribution is 2.37. The summed E-state index contributed by atoms with van der Waals surface area (Å²) >= 11 is 1.52. The summed E-state index contributed by atoms with van der Waals surface area (Å²) in [6, 6.07) is 20.7. The molecule has 1 heterocycles. The van der Waals surface area contributed by atoms with Gasteiger partial charge in [0, 0.05) is 44.5 Å². The Hall–Kier alpha value is -3.69. The topological polar surface area (TPSA) is 112 Å². The van der Waals surface area contributed by atoms with Gasteiger partial charge in [0.2, 0.25) is 11.8 Å². The molecule has 0 aromatic heterocycles. The second-order valence-corrected chi connectivity index (χ2v) is 10.8. The lowest BCUT2D eigenvalue weighted by Crippen LogP contribution is -2.38. The number of amides is 2. The van der Waals surface area contributed by atoms with E-state index < -0.39 is 11.8 Å². The fourth-order valence-electron chi connectivity index (χ4n) is 4.53. The molecule has 0 saturated carbocycles. The van der Waals surface area contributed by atoms with Gasteiger partial charge in [0.25, 0.3) is 0 Å². The van der Waals surface area contributed by atoms with Crippen LogP contribution >= 0.6 is 11.8 Å². The van der Waals surface area contributed by atoms with Gasteiger partial charge < -0.3 is 20.4 Å².